The van der Waals surface area contributed by atoms with Gasteiger partial charge in [-0.25, -0.2) is 13.1 Å². The highest BCUT2D eigenvalue weighted by molar-refractivity contribution is 7.89. The zero-order valence-corrected chi connectivity index (χ0v) is 14.8. The van der Waals surface area contributed by atoms with E-state index in [4.69, 9.17) is 0 Å². The van der Waals surface area contributed by atoms with Crippen molar-refractivity contribution in [3.63, 3.8) is 0 Å². The van der Waals surface area contributed by atoms with Gasteiger partial charge in [0.05, 0.1) is 6.20 Å². The third kappa shape index (κ3) is 3.95. The van der Waals surface area contributed by atoms with Crippen LogP contribution in [0.15, 0.2) is 17.3 Å². The maximum absolute atomic E-state index is 12.4. The minimum Gasteiger partial charge on any atom is -0.300 e. The minimum absolute atomic E-state index is 0.266. The molecule has 1 atom stereocenters. The fourth-order valence-electron chi connectivity index (χ4n) is 3.89. The van der Waals surface area contributed by atoms with E-state index in [1.165, 1.54) is 36.8 Å². The van der Waals surface area contributed by atoms with Crippen molar-refractivity contribution >= 4 is 10.0 Å². The second-order valence-electron chi connectivity index (χ2n) is 6.78. The predicted octanol–water partition coefficient (Wildman–Crippen LogP) is 1.84. The summed E-state index contributed by atoms with van der Waals surface area (Å²) in [4.78, 5) is 2.58. The average molecular weight is 340 g/mol. The first-order valence-electron chi connectivity index (χ1n) is 8.85. The van der Waals surface area contributed by atoms with Crippen LogP contribution >= 0.6 is 0 Å². The Balaban J connectivity index is 1.52. The molecule has 0 amide bonds. The Bertz CT molecular complexity index is 607. The number of hydrogen-bond acceptors (Lipinski definition) is 4. The number of rotatable bonds is 6. The van der Waals surface area contributed by atoms with Crippen LogP contribution in [0.25, 0.3) is 0 Å². The van der Waals surface area contributed by atoms with Gasteiger partial charge in [-0.2, -0.15) is 5.10 Å². The summed E-state index contributed by atoms with van der Waals surface area (Å²) < 4.78 is 29.2. The van der Waals surface area contributed by atoms with Crippen LogP contribution in [0.3, 0.4) is 0 Å². The van der Waals surface area contributed by atoms with Gasteiger partial charge in [-0.15, -0.1) is 0 Å². The normalized spacial score (nSPS) is 24.3. The van der Waals surface area contributed by atoms with Crippen molar-refractivity contribution in [1.82, 2.24) is 19.4 Å². The molecule has 0 bridgehead atoms. The molecule has 1 saturated heterocycles. The largest absolute Gasteiger partial charge is 0.300 e. The zero-order chi connectivity index (χ0) is 16.3. The second-order valence-corrected chi connectivity index (χ2v) is 8.49. The van der Waals surface area contributed by atoms with Crippen molar-refractivity contribution < 1.29 is 8.42 Å². The van der Waals surface area contributed by atoms with Gasteiger partial charge in [0, 0.05) is 25.7 Å². The lowest BCUT2D eigenvalue weighted by molar-refractivity contribution is 0.185. The molecule has 7 heteroatoms. The summed E-state index contributed by atoms with van der Waals surface area (Å²) in [6, 6.07) is 2.29. The molecule has 130 valence electrons. The number of aryl methyl sites for hydroxylation is 1. The Kier molecular flexibility index (Phi) is 5.38. The van der Waals surface area contributed by atoms with Gasteiger partial charge in [-0.1, -0.05) is 19.3 Å². The van der Waals surface area contributed by atoms with Crippen molar-refractivity contribution in [3.05, 3.63) is 12.3 Å². The first-order valence-corrected chi connectivity index (χ1v) is 10.3. The highest BCUT2D eigenvalue weighted by Gasteiger charge is 2.30. The summed E-state index contributed by atoms with van der Waals surface area (Å²) in [5.41, 5.74) is 0. The van der Waals surface area contributed by atoms with Crippen LogP contribution in [0.1, 0.15) is 45.4 Å². The molecule has 0 spiro atoms. The summed E-state index contributed by atoms with van der Waals surface area (Å²) in [5.74, 6) is 0.421. The lowest BCUT2D eigenvalue weighted by Gasteiger charge is -2.31. The minimum atomic E-state index is -3.46. The Labute approximate surface area is 139 Å². The van der Waals surface area contributed by atoms with E-state index < -0.39 is 10.0 Å². The molecule has 1 aromatic heterocycles. The molecule has 1 aromatic rings. The number of nitrogens with zero attached hydrogens (tertiary/aromatic N) is 3. The molecule has 2 aliphatic rings. The van der Waals surface area contributed by atoms with E-state index in [1.54, 1.807) is 12.3 Å². The van der Waals surface area contributed by atoms with Gasteiger partial charge < -0.3 is 4.90 Å². The standard InChI is InChI=1S/C16H28N4O2S/c1-2-20-16(8-10-17-20)23(21,22)18-12-14-9-11-19(13-14)15-6-4-3-5-7-15/h8,10,14-15,18H,2-7,9,11-13H2,1H3/t14-/m1/s1. The lowest BCUT2D eigenvalue weighted by atomic mass is 9.94. The summed E-state index contributed by atoms with van der Waals surface area (Å²) in [7, 11) is -3.46. The van der Waals surface area contributed by atoms with E-state index in [0.717, 1.165) is 25.6 Å². The number of sulfonamides is 1. The van der Waals surface area contributed by atoms with Gasteiger partial charge in [-0.3, -0.25) is 4.68 Å². The zero-order valence-electron chi connectivity index (χ0n) is 13.9. The van der Waals surface area contributed by atoms with Crippen LogP contribution in [0.2, 0.25) is 0 Å². The van der Waals surface area contributed by atoms with E-state index >= 15 is 0 Å². The molecular formula is C16H28N4O2S. The van der Waals surface area contributed by atoms with E-state index in [9.17, 15) is 8.42 Å². The highest BCUT2D eigenvalue weighted by atomic mass is 32.2. The fourth-order valence-corrected chi connectivity index (χ4v) is 5.19. The van der Waals surface area contributed by atoms with Crippen molar-refractivity contribution in [1.29, 1.82) is 0 Å². The van der Waals surface area contributed by atoms with Gasteiger partial charge >= 0.3 is 0 Å². The van der Waals surface area contributed by atoms with Crippen LogP contribution in [0.4, 0.5) is 0 Å². The van der Waals surface area contributed by atoms with Crippen molar-refractivity contribution in [2.24, 2.45) is 5.92 Å². The van der Waals surface area contributed by atoms with Crippen LogP contribution in [-0.4, -0.2) is 48.8 Å². The van der Waals surface area contributed by atoms with Crippen molar-refractivity contribution in [2.75, 3.05) is 19.6 Å². The maximum atomic E-state index is 12.4. The van der Waals surface area contributed by atoms with Gasteiger partial charge in [0.25, 0.3) is 10.0 Å². The van der Waals surface area contributed by atoms with E-state index in [2.05, 4.69) is 14.7 Å². The maximum Gasteiger partial charge on any atom is 0.257 e. The predicted molar refractivity (Wildman–Crippen MR) is 89.6 cm³/mol. The van der Waals surface area contributed by atoms with Crippen LogP contribution in [0.5, 0.6) is 0 Å². The number of nitrogens with one attached hydrogen (secondary N) is 1. The summed E-state index contributed by atoms with van der Waals surface area (Å²) in [6.07, 6.45) is 9.32. The Morgan fingerprint density at radius 1 is 1.26 bits per heavy atom. The fraction of sp³-hybridized carbons (Fsp3) is 0.812. The number of hydrogen-bond donors (Lipinski definition) is 1. The van der Waals surface area contributed by atoms with Crippen molar-refractivity contribution in [2.45, 2.75) is 63.1 Å². The van der Waals surface area contributed by atoms with Crippen LogP contribution in [-0.2, 0) is 16.6 Å². The molecule has 1 saturated carbocycles. The summed E-state index contributed by atoms with van der Waals surface area (Å²) >= 11 is 0. The van der Waals surface area contributed by atoms with E-state index in [0.29, 0.717) is 19.0 Å². The van der Waals surface area contributed by atoms with E-state index in [1.807, 2.05) is 6.92 Å². The smallest absolute Gasteiger partial charge is 0.257 e. The van der Waals surface area contributed by atoms with Crippen molar-refractivity contribution in [3.8, 4) is 0 Å². The number of likely N-dealkylation sites (tertiary alicyclic amines) is 1. The number of aromatic nitrogens is 2. The topological polar surface area (TPSA) is 67.2 Å². The van der Waals surface area contributed by atoms with Gasteiger partial charge in [0.15, 0.2) is 5.03 Å². The van der Waals surface area contributed by atoms with Gasteiger partial charge in [-0.05, 0) is 44.7 Å². The second kappa shape index (κ2) is 7.32. The lowest BCUT2D eigenvalue weighted by Crippen LogP contribution is -2.36. The third-order valence-corrected chi connectivity index (χ3v) is 6.67. The van der Waals surface area contributed by atoms with Crippen LogP contribution < -0.4 is 4.72 Å². The molecule has 1 aliphatic heterocycles. The molecular weight excluding hydrogens is 312 g/mol. The quantitative estimate of drug-likeness (QED) is 0.858. The Hall–Kier alpha value is -0.920. The first kappa shape index (κ1) is 16.9. The van der Waals surface area contributed by atoms with Gasteiger partial charge in [0.2, 0.25) is 0 Å². The molecule has 0 aromatic carbocycles. The monoisotopic (exact) mass is 340 g/mol. The van der Waals surface area contributed by atoms with Gasteiger partial charge in [0.1, 0.15) is 0 Å². The average Bonchev–Trinajstić information content (AvgIpc) is 3.23. The van der Waals surface area contributed by atoms with E-state index in [-0.39, 0.29) is 5.03 Å². The first-order chi connectivity index (χ1) is 11.1. The molecule has 0 radical (unpaired) electrons. The highest BCUT2D eigenvalue weighted by Crippen LogP contribution is 2.27. The third-order valence-electron chi connectivity index (χ3n) is 5.22. The molecule has 2 fully saturated rings. The molecule has 1 N–H and O–H groups in total. The molecule has 3 rings (SSSR count). The molecule has 1 aliphatic carbocycles. The van der Waals surface area contributed by atoms with Crippen LogP contribution in [0, 0.1) is 5.92 Å². The Morgan fingerprint density at radius 2 is 2.04 bits per heavy atom. The Morgan fingerprint density at radius 3 is 2.78 bits per heavy atom. The molecule has 23 heavy (non-hydrogen) atoms. The summed E-state index contributed by atoms with van der Waals surface area (Å²) in [6.45, 7) is 5.12. The summed E-state index contributed by atoms with van der Waals surface area (Å²) in [5, 5.41) is 4.31. The molecule has 6 nitrogen and oxygen atoms in total. The molecule has 0 unspecified atom stereocenters. The SMILES string of the molecule is CCn1nccc1S(=O)(=O)NC[C@H]1CCN(C2CCCCC2)C1. The molecule has 2 heterocycles.